The van der Waals surface area contributed by atoms with Crippen LogP contribution >= 0.6 is 11.6 Å². The van der Waals surface area contributed by atoms with Gasteiger partial charge in [-0.2, -0.15) is 4.98 Å². The molecule has 0 unspecified atom stereocenters. The van der Waals surface area contributed by atoms with Crippen LogP contribution in [-0.2, 0) is 0 Å². The minimum atomic E-state index is -0.874. The van der Waals surface area contributed by atoms with E-state index in [1.165, 1.54) is 0 Å². The lowest BCUT2D eigenvalue weighted by atomic mass is 10.1. The number of halogens is 1. The van der Waals surface area contributed by atoms with Gasteiger partial charge in [0.05, 0.1) is 17.5 Å². The lowest BCUT2D eigenvalue weighted by Crippen LogP contribution is -2.31. The van der Waals surface area contributed by atoms with Gasteiger partial charge >= 0.3 is 0 Å². The average molecular weight is 312 g/mol. The van der Waals surface area contributed by atoms with Crippen LogP contribution in [0.2, 0.25) is 5.28 Å². The molecule has 8 heteroatoms. The fourth-order valence-corrected chi connectivity index (χ4v) is 3.24. The minimum absolute atomic E-state index is 0.122. The molecule has 2 heterocycles. The second-order valence-corrected chi connectivity index (χ2v) is 5.67. The first-order valence-electron chi connectivity index (χ1n) is 6.84. The van der Waals surface area contributed by atoms with E-state index in [0.717, 1.165) is 5.39 Å². The van der Waals surface area contributed by atoms with Gasteiger partial charge in [-0.3, -0.25) is 0 Å². The molecule has 3 rings (SSSR count). The van der Waals surface area contributed by atoms with Crippen molar-refractivity contribution in [1.29, 1.82) is 0 Å². The smallest absolute Gasteiger partial charge is 0.226 e. The van der Waals surface area contributed by atoms with Crippen LogP contribution in [0.25, 0.3) is 11.0 Å². The van der Waals surface area contributed by atoms with Crippen LogP contribution in [0.15, 0.2) is 12.3 Å². The first-order valence-corrected chi connectivity index (χ1v) is 7.22. The molecule has 5 N–H and O–H groups in total. The number of rotatable bonds is 3. The van der Waals surface area contributed by atoms with E-state index >= 15 is 0 Å². The monoisotopic (exact) mass is 311 g/mol. The Bertz CT molecular complexity index is 661. The maximum atomic E-state index is 10.3. The van der Waals surface area contributed by atoms with Crippen molar-refractivity contribution >= 4 is 28.5 Å². The molecule has 1 fully saturated rings. The third-order valence-electron chi connectivity index (χ3n) is 4.21. The van der Waals surface area contributed by atoms with Gasteiger partial charge in [-0.15, -0.1) is 0 Å². The number of nitrogens with two attached hydrogens (primary N) is 1. The zero-order valence-electron chi connectivity index (χ0n) is 11.6. The number of hydrogen-bond donors (Lipinski definition) is 4. The van der Waals surface area contributed by atoms with E-state index < -0.39 is 12.2 Å². The highest BCUT2D eigenvalue weighted by atomic mass is 35.5. The third-order valence-corrected chi connectivity index (χ3v) is 4.38. The van der Waals surface area contributed by atoms with Crippen LogP contribution < -0.4 is 11.1 Å². The number of hydrogen-bond acceptors (Lipinski definition) is 6. The van der Waals surface area contributed by atoms with Crippen LogP contribution in [0.5, 0.6) is 0 Å². The van der Waals surface area contributed by atoms with Crippen LogP contribution in [0.3, 0.4) is 0 Å². The van der Waals surface area contributed by atoms with E-state index in [0.29, 0.717) is 24.4 Å². The van der Waals surface area contributed by atoms with Crippen molar-refractivity contribution in [2.24, 2.45) is 11.7 Å². The van der Waals surface area contributed by atoms with Gasteiger partial charge < -0.3 is 25.8 Å². The zero-order chi connectivity index (χ0) is 15.1. The molecule has 2 aromatic rings. The van der Waals surface area contributed by atoms with Gasteiger partial charge in [-0.25, -0.2) is 4.98 Å². The number of aromatic nitrogens is 3. The van der Waals surface area contributed by atoms with Gasteiger partial charge in [0.1, 0.15) is 17.6 Å². The molecule has 0 bridgehead atoms. The topological polar surface area (TPSA) is 109 Å². The van der Waals surface area contributed by atoms with Crippen LogP contribution in [0, 0.1) is 5.92 Å². The Hall–Kier alpha value is -1.41. The van der Waals surface area contributed by atoms with Crippen molar-refractivity contribution < 1.29 is 10.2 Å². The average Bonchev–Trinajstić information content (AvgIpc) is 3.01. The lowest BCUT2D eigenvalue weighted by Gasteiger charge is -2.19. The first-order chi connectivity index (χ1) is 10.1. The Balaban J connectivity index is 2.07. The fraction of sp³-hybridized carbons (Fsp3) is 0.538. The molecule has 114 valence electrons. The van der Waals surface area contributed by atoms with E-state index in [1.54, 1.807) is 7.05 Å². The second-order valence-electron chi connectivity index (χ2n) is 5.33. The van der Waals surface area contributed by atoms with Crippen LogP contribution in [0.4, 0.5) is 5.82 Å². The quantitative estimate of drug-likeness (QED) is 0.610. The fourth-order valence-electron chi connectivity index (χ4n) is 3.07. The number of anilines is 1. The Labute approximate surface area is 126 Å². The SMILES string of the molecule is CNc1nc(Cl)nc2c1ccn2[C@@H]1C[C@H](CN)[C@@H](O)[C@H]1O. The summed E-state index contributed by atoms with van der Waals surface area (Å²) in [7, 11) is 1.76. The third kappa shape index (κ3) is 2.26. The van der Waals surface area contributed by atoms with Crippen molar-refractivity contribution in [3.63, 3.8) is 0 Å². The van der Waals surface area contributed by atoms with Gasteiger partial charge in [0, 0.05) is 19.2 Å². The highest BCUT2D eigenvalue weighted by Crippen LogP contribution is 2.37. The Morgan fingerprint density at radius 2 is 2.19 bits per heavy atom. The van der Waals surface area contributed by atoms with Gasteiger partial charge in [0.2, 0.25) is 5.28 Å². The standard InChI is InChI=1S/C13H18ClN5O2/c1-16-11-7-2-3-19(12(7)18-13(14)17-11)8-4-6(5-15)9(20)10(8)21/h2-3,6,8-10,20-21H,4-5,15H2,1H3,(H,16,17,18)/t6-,8-,9-,10+/m1/s1. The summed E-state index contributed by atoms with van der Waals surface area (Å²) in [6, 6.07) is 1.59. The largest absolute Gasteiger partial charge is 0.390 e. The molecule has 1 saturated carbocycles. The summed E-state index contributed by atoms with van der Waals surface area (Å²) in [6.07, 6.45) is 0.731. The van der Waals surface area contributed by atoms with Gasteiger partial charge in [-0.05, 0) is 30.6 Å². The number of aliphatic hydroxyl groups is 2. The predicted molar refractivity (Wildman–Crippen MR) is 80.3 cm³/mol. The summed E-state index contributed by atoms with van der Waals surface area (Å²) >= 11 is 5.95. The van der Waals surface area contributed by atoms with Crippen molar-refractivity contribution in [2.75, 3.05) is 18.9 Å². The molecule has 0 amide bonds. The molecule has 0 radical (unpaired) electrons. The van der Waals surface area contributed by atoms with Crippen LogP contribution in [-0.4, -0.2) is 50.5 Å². The predicted octanol–water partition coefficient (Wildman–Crippen LogP) is 0.368. The first kappa shape index (κ1) is 14.5. The zero-order valence-corrected chi connectivity index (χ0v) is 12.3. The highest BCUT2D eigenvalue weighted by molar-refractivity contribution is 6.28. The summed E-state index contributed by atoms with van der Waals surface area (Å²) in [4.78, 5) is 8.38. The number of nitrogens with zero attached hydrogens (tertiary/aromatic N) is 3. The Morgan fingerprint density at radius 3 is 2.81 bits per heavy atom. The molecule has 7 nitrogen and oxygen atoms in total. The van der Waals surface area contributed by atoms with Gasteiger partial charge in [-0.1, -0.05) is 0 Å². The van der Waals surface area contributed by atoms with Crippen molar-refractivity contribution in [3.05, 3.63) is 17.5 Å². The second kappa shape index (κ2) is 5.42. The molecule has 21 heavy (non-hydrogen) atoms. The molecule has 0 aromatic carbocycles. The summed E-state index contributed by atoms with van der Waals surface area (Å²) in [6.45, 7) is 0.339. The lowest BCUT2D eigenvalue weighted by molar-refractivity contribution is 0.00822. The molecule has 4 atom stereocenters. The summed E-state index contributed by atoms with van der Waals surface area (Å²) in [5.74, 6) is 0.510. The van der Waals surface area contributed by atoms with Gasteiger partial charge in [0.15, 0.2) is 0 Å². The molecule has 1 aliphatic carbocycles. The van der Waals surface area contributed by atoms with E-state index in [4.69, 9.17) is 17.3 Å². The molecule has 0 spiro atoms. The normalized spacial score (nSPS) is 29.2. The minimum Gasteiger partial charge on any atom is -0.390 e. The van der Waals surface area contributed by atoms with E-state index in [-0.39, 0.29) is 17.2 Å². The Morgan fingerprint density at radius 1 is 1.43 bits per heavy atom. The summed E-state index contributed by atoms with van der Waals surface area (Å²) in [5, 5.41) is 24.2. The van der Waals surface area contributed by atoms with Crippen molar-refractivity contribution in [1.82, 2.24) is 14.5 Å². The number of aliphatic hydroxyl groups excluding tert-OH is 2. The molecule has 0 aliphatic heterocycles. The van der Waals surface area contributed by atoms with Crippen molar-refractivity contribution in [2.45, 2.75) is 24.7 Å². The Kier molecular flexibility index (Phi) is 3.75. The molecular formula is C13H18ClN5O2. The molecular weight excluding hydrogens is 294 g/mol. The van der Waals surface area contributed by atoms with Crippen LogP contribution in [0.1, 0.15) is 12.5 Å². The van der Waals surface area contributed by atoms with E-state index in [2.05, 4.69) is 15.3 Å². The maximum absolute atomic E-state index is 10.3. The summed E-state index contributed by atoms with van der Waals surface area (Å²) < 4.78 is 1.84. The molecule has 2 aromatic heterocycles. The maximum Gasteiger partial charge on any atom is 0.226 e. The molecule has 0 saturated heterocycles. The summed E-state index contributed by atoms with van der Waals surface area (Å²) in [5.41, 5.74) is 6.28. The van der Waals surface area contributed by atoms with E-state index in [1.807, 2.05) is 16.8 Å². The highest BCUT2D eigenvalue weighted by Gasteiger charge is 2.42. The number of nitrogens with one attached hydrogen (secondary N) is 1. The molecule has 1 aliphatic rings. The number of fused-ring (bicyclic) bond motifs is 1. The van der Waals surface area contributed by atoms with Crippen molar-refractivity contribution in [3.8, 4) is 0 Å². The van der Waals surface area contributed by atoms with Gasteiger partial charge in [0.25, 0.3) is 0 Å². The van der Waals surface area contributed by atoms with E-state index in [9.17, 15) is 10.2 Å².